The number of likely N-dealkylation sites (tertiary alicyclic amines) is 1. The average molecular weight is 344 g/mol. The summed E-state index contributed by atoms with van der Waals surface area (Å²) in [5, 5.41) is 0. The van der Waals surface area contributed by atoms with Gasteiger partial charge in [-0.25, -0.2) is 13.8 Å². The molecule has 132 valence electrons. The van der Waals surface area contributed by atoms with Crippen molar-refractivity contribution in [2.75, 3.05) is 31.1 Å². The molecule has 0 amide bonds. The highest BCUT2D eigenvalue weighted by atomic mass is 19.3. The lowest BCUT2D eigenvalue weighted by Gasteiger charge is -2.45. The normalized spacial score (nSPS) is 26.2. The van der Waals surface area contributed by atoms with Crippen molar-refractivity contribution in [3.63, 3.8) is 0 Å². The molecule has 2 saturated heterocycles. The summed E-state index contributed by atoms with van der Waals surface area (Å²) in [6, 6.07) is 11.4. The molecule has 1 atom stereocenters. The Morgan fingerprint density at radius 1 is 0.920 bits per heavy atom. The van der Waals surface area contributed by atoms with Gasteiger partial charge in [-0.15, -0.1) is 0 Å². The lowest BCUT2D eigenvalue weighted by Crippen LogP contribution is -2.56. The molecule has 0 saturated carbocycles. The molecule has 0 aliphatic carbocycles. The predicted octanol–water partition coefficient (Wildman–Crippen LogP) is 3.21. The molecule has 4 heterocycles. The van der Waals surface area contributed by atoms with Crippen LogP contribution in [0.5, 0.6) is 0 Å². The fraction of sp³-hybridized carbons (Fsp3) is 0.474. The molecule has 2 fully saturated rings. The van der Waals surface area contributed by atoms with Crippen molar-refractivity contribution in [1.29, 1.82) is 0 Å². The standard InChI is InChI=1S/C19H22F2N4/c20-19(21)8-11-24(13-16-5-1-3-9-22-16)14-18(19)7-12-25(15-18)17-6-2-4-10-23-17/h1-6,9-10H,7-8,11-15H2/t18-/m1/s1. The van der Waals surface area contributed by atoms with Crippen LogP contribution in [0.25, 0.3) is 0 Å². The first-order valence-corrected chi connectivity index (χ1v) is 8.74. The molecule has 2 aromatic rings. The summed E-state index contributed by atoms with van der Waals surface area (Å²) < 4.78 is 29.8. The van der Waals surface area contributed by atoms with Crippen molar-refractivity contribution in [3.8, 4) is 0 Å². The van der Waals surface area contributed by atoms with E-state index < -0.39 is 11.3 Å². The van der Waals surface area contributed by atoms with Crippen LogP contribution in [0.3, 0.4) is 0 Å². The molecule has 2 aliphatic rings. The fourth-order valence-corrected chi connectivity index (χ4v) is 4.08. The van der Waals surface area contributed by atoms with Crippen molar-refractivity contribution >= 4 is 5.82 Å². The van der Waals surface area contributed by atoms with Crippen LogP contribution >= 0.6 is 0 Å². The number of halogens is 2. The smallest absolute Gasteiger partial charge is 0.257 e. The minimum Gasteiger partial charge on any atom is -0.356 e. The van der Waals surface area contributed by atoms with E-state index in [4.69, 9.17) is 0 Å². The van der Waals surface area contributed by atoms with Crippen molar-refractivity contribution in [1.82, 2.24) is 14.9 Å². The first-order chi connectivity index (χ1) is 12.1. The molecular weight excluding hydrogens is 322 g/mol. The minimum atomic E-state index is -2.64. The van der Waals surface area contributed by atoms with Crippen LogP contribution in [0.2, 0.25) is 0 Å². The second-order valence-corrected chi connectivity index (χ2v) is 7.13. The summed E-state index contributed by atoms with van der Waals surface area (Å²) in [6.07, 6.45) is 3.87. The zero-order chi connectivity index (χ0) is 17.3. The lowest BCUT2D eigenvalue weighted by molar-refractivity contribution is -0.159. The van der Waals surface area contributed by atoms with Crippen LogP contribution in [0.15, 0.2) is 48.8 Å². The molecule has 1 spiro atoms. The molecule has 0 aromatic carbocycles. The van der Waals surface area contributed by atoms with Crippen LogP contribution in [0.1, 0.15) is 18.5 Å². The van der Waals surface area contributed by atoms with E-state index >= 15 is 0 Å². The van der Waals surface area contributed by atoms with Gasteiger partial charge in [0.2, 0.25) is 0 Å². The van der Waals surface area contributed by atoms with Gasteiger partial charge in [-0.05, 0) is 30.7 Å². The quantitative estimate of drug-likeness (QED) is 0.856. The zero-order valence-electron chi connectivity index (χ0n) is 14.1. The van der Waals surface area contributed by atoms with E-state index in [1.165, 1.54) is 0 Å². The second kappa shape index (κ2) is 6.33. The fourth-order valence-electron chi connectivity index (χ4n) is 4.08. The minimum absolute atomic E-state index is 0.0874. The Hall–Kier alpha value is -2.08. The monoisotopic (exact) mass is 344 g/mol. The van der Waals surface area contributed by atoms with Crippen LogP contribution in [0.4, 0.5) is 14.6 Å². The number of pyridine rings is 2. The largest absolute Gasteiger partial charge is 0.356 e. The zero-order valence-corrected chi connectivity index (χ0v) is 14.1. The molecule has 0 radical (unpaired) electrons. The number of aromatic nitrogens is 2. The highest BCUT2D eigenvalue weighted by molar-refractivity contribution is 5.40. The van der Waals surface area contributed by atoms with Crippen LogP contribution in [-0.4, -0.2) is 47.0 Å². The Morgan fingerprint density at radius 2 is 1.72 bits per heavy atom. The summed E-state index contributed by atoms with van der Waals surface area (Å²) >= 11 is 0. The lowest BCUT2D eigenvalue weighted by atomic mass is 9.75. The van der Waals surface area contributed by atoms with Gasteiger partial charge >= 0.3 is 0 Å². The van der Waals surface area contributed by atoms with Gasteiger partial charge in [0.15, 0.2) is 0 Å². The third-order valence-corrected chi connectivity index (χ3v) is 5.48. The predicted molar refractivity (Wildman–Crippen MR) is 92.6 cm³/mol. The molecule has 25 heavy (non-hydrogen) atoms. The Bertz CT molecular complexity index is 710. The molecule has 4 rings (SSSR count). The van der Waals surface area contributed by atoms with Crippen LogP contribution in [-0.2, 0) is 6.54 Å². The number of hydrogen-bond acceptors (Lipinski definition) is 4. The number of nitrogens with zero attached hydrogens (tertiary/aromatic N) is 4. The number of alkyl halides is 2. The Kier molecular flexibility index (Phi) is 4.15. The topological polar surface area (TPSA) is 32.3 Å². The first-order valence-electron chi connectivity index (χ1n) is 8.74. The Labute approximate surface area is 146 Å². The first kappa shape index (κ1) is 16.4. The number of hydrogen-bond donors (Lipinski definition) is 0. The van der Waals surface area contributed by atoms with Gasteiger partial charge in [0.25, 0.3) is 5.92 Å². The van der Waals surface area contributed by atoms with Gasteiger partial charge in [0.05, 0.1) is 11.1 Å². The van der Waals surface area contributed by atoms with Crippen LogP contribution < -0.4 is 4.90 Å². The van der Waals surface area contributed by atoms with Gasteiger partial charge in [0, 0.05) is 51.5 Å². The van der Waals surface area contributed by atoms with E-state index in [1.807, 2.05) is 41.3 Å². The maximum atomic E-state index is 14.9. The van der Waals surface area contributed by atoms with E-state index in [9.17, 15) is 8.78 Å². The van der Waals surface area contributed by atoms with E-state index in [2.05, 4.69) is 14.9 Å². The Morgan fingerprint density at radius 3 is 2.44 bits per heavy atom. The summed E-state index contributed by atoms with van der Waals surface area (Å²) in [5.41, 5.74) is -0.0696. The third kappa shape index (κ3) is 3.11. The SMILES string of the molecule is FC1(F)CCN(Cc2ccccn2)C[C@@]12CCN(c1ccccn1)C2. The maximum absolute atomic E-state index is 14.9. The second-order valence-electron chi connectivity index (χ2n) is 7.13. The summed E-state index contributed by atoms with van der Waals surface area (Å²) in [5.74, 6) is -1.85. The van der Waals surface area contributed by atoms with Gasteiger partial charge < -0.3 is 4.90 Å². The third-order valence-electron chi connectivity index (χ3n) is 5.48. The van der Waals surface area contributed by atoms with E-state index in [0.29, 0.717) is 39.1 Å². The molecule has 6 heteroatoms. The highest BCUT2D eigenvalue weighted by Crippen LogP contribution is 2.50. The van der Waals surface area contributed by atoms with E-state index in [-0.39, 0.29) is 6.42 Å². The van der Waals surface area contributed by atoms with Crippen molar-refractivity contribution in [2.24, 2.45) is 5.41 Å². The highest BCUT2D eigenvalue weighted by Gasteiger charge is 2.59. The number of anilines is 1. The Balaban J connectivity index is 1.52. The average Bonchev–Trinajstić information content (AvgIpc) is 3.06. The number of piperidine rings is 1. The van der Waals surface area contributed by atoms with Crippen LogP contribution in [0, 0.1) is 5.41 Å². The summed E-state index contributed by atoms with van der Waals surface area (Å²) in [7, 11) is 0. The molecule has 0 N–H and O–H groups in total. The van der Waals surface area contributed by atoms with Gasteiger partial charge in [-0.3, -0.25) is 9.88 Å². The van der Waals surface area contributed by atoms with Gasteiger partial charge in [0.1, 0.15) is 5.82 Å². The molecule has 4 nitrogen and oxygen atoms in total. The van der Waals surface area contributed by atoms with Crippen molar-refractivity contribution in [3.05, 3.63) is 54.5 Å². The van der Waals surface area contributed by atoms with Crippen molar-refractivity contribution in [2.45, 2.75) is 25.3 Å². The number of rotatable bonds is 3. The molecular formula is C19H22F2N4. The van der Waals surface area contributed by atoms with E-state index in [1.54, 1.807) is 12.4 Å². The molecule has 2 aliphatic heterocycles. The maximum Gasteiger partial charge on any atom is 0.257 e. The summed E-state index contributed by atoms with van der Waals surface area (Å²) in [6.45, 7) is 2.43. The van der Waals surface area contributed by atoms with E-state index in [0.717, 1.165) is 11.5 Å². The molecule has 2 aromatic heterocycles. The molecule has 0 bridgehead atoms. The van der Waals surface area contributed by atoms with Gasteiger partial charge in [-0.2, -0.15) is 0 Å². The summed E-state index contributed by atoms with van der Waals surface area (Å²) in [4.78, 5) is 12.8. The molecule has 0 unspecified atom stereocenters. The van der Waals surface area contributed by atoms with Gasteiger partial charge in [-0.1, -0.05) is 12.1 Å². The van der Waals surface area contributed by atoms with Crippen molar-refractivity contribution < 1.29 is 8.78 Å².